The Morgan fingerprint density at radius 3 is 2.94 bits per heavy atom. The molecule has 0 bridgehead atoms. The van der Waals surface area contributed by atoms with Crippen molar-refractivity contribution in [2.75, 3.05) is 62.7 Å². The maximum Gasteiger partial charge on any atom is 0.122 e. The van der Waals surface area contributed by atoms with Crippen LogP contribution in [0.4, 0.5) is 5.69 Å². The molecule has 0 spiro atoms. The molecule has 0 amide bonds. The fourth-order valence-electron chi connectivity index (χ4n) is 4.06. The first-order chi connectivity index (χ1) is 17.2. The summed E-state index contributed by atoms with van der Waals surface area (Å²) in [5.74, 6) is 2.35. The first-order valence-corrected chi connectivity index (χ1v) is 14.8. The molecule has 2 aliphatic heterocycles. The van der Waals surface area contributed by atoms with Crippen LogP contribution in [0.1, 0.15) is 5.69 Å². The van der Waals surface area contributed by atoms with Crippen LogP contribution in [0.25, 0.3) is 10.9 Å². The molecule has 11 heteroatoms. The third-order valence-electron chi connectivity index (χ3n) is 5.84. The van der Waals surface area contributed by atoms with Crippen molar-refractivity contribution in [1.29, 1.82) is 0 Å². The Morgan fingerprint density at radius 2 is 2.14 bits per heavy atom. The maximum absolute atomic E-state index is 11.6. The zero-order valence-electron chi connectivity index (χ0n) is 19.6. The van der Waals surface area contributed by atoms with E-state index in [4.69, 9.17) is 14.5 Å². The number of H-pyrrole nitrogens is 1. The van der Waals surface area contributed by atoms with Crippen LogP contribution in [0.3, 0.4) is 0 Å². The molecule has 4 heterocycles. The van der Waals surface area contributed by atoms with Crippen molar-refractivity contribution in [3.05, 3.63) is 48.3 Å². The molecule has 1 saturated heterocycles. The van der Waals surface area contributed by atoms with Gasteiger partial charge in [-0.15, -0.1) is 0 Å². The van der Waals surface area contributed by atoms with Gasteiger partial charge in [0.1, 0.15) is 22.4 Å². The van der Waals surface area contributed by atoms with Crippen LogP contribution in [-0.4, -0.2) is 87.4 Å². The quantitative estimate of drug-likeness (QED) is 0.303. The number of thioether (sulfide) groups is 1. The molecule has 186 valence electrons. The molecule has 0 aliphatic carbocycles. The number of pyridine rings is 1. The molecular weight excluding hydrogens is 502 g/mol. The fraction of sp³-hybridized carbons (Fsp3) is 0.417. The number of fused-ring (bicyclic) bond motifs is 1. The molecule has 5 rings (SSSR count). The first kappa shape index (κ1) is 24.6. The summed E-state index contributed by atoms with van der Waals surface area (Å²) in [5, 5.41) is 3.41. The summed E-state index contributed by atoms with van der Waals surface area (Å²) in [7, 11) is 1.03. The molecular formula is C24H29N5O3S3. The standard InChI is InChI=1S/C24H29N5O3S3/c1-31-8-9-32-18-12-17-13-21(24-26-15-19(33-24)16-29-6-10-35(30)11-7-29)27-23(17)20(14-18)28-34-22-4-2-3-5-25-22/h2-5,12-14,19,27-28H,6-11,15-16H2,1H3. The molecule has 1 aromatic carbocycles. The molecule has 2 aromatic heterocycles. The van der Waals surface area contributed by atoms with E-state index in [1.807, 2.05) is 42.1 Å². The summed E-state index contributed by atoms with van der Waals surface area (Å²) in [5.41, 5.74) is 2.96. The largest absolute Gasteiger partial charge is 0.491 e. The molecule has 8 nitrogen and oxygen atoms in total. The van der Waals surface area contributed by atoms with Gasteiger partial charge in [-0.25, -0.2) is 4.98 Å². The minimum absolute atomic E-state index is 0.424. The van der Waals surface area contributed by atoms with E-state index < -0.39 is 10.8 Å². The maximum atomic E-state index is 11.6. The summed E-state index contributed by atoms with van der Waals surface area (Å²) in [6, 6.07) is 12.0. The lowest BCUT2D eigenvalue weighted by molar-refractivity contribution is 0.146. The number of ether oxygens (including phenoxy) is 2. The number of benzene rings is 1. The summed E-state index contributed by atoms with van der Waals surface area (Å²) in [4.78, 5) is 15.2. The Hall–Kier alpha value is -2.05. The van der Waals surface area contributed by atoms with E-state index in [0.717, 1.165) is 75.8 Å². The highest BCUT2D eigenvalue weighted by atomic mass is 32.2. The zero-order chi connectivity index (χ0) is 24.0. The topological polar surface area (TPSA) is 91.8 Å². The zero-order valence-corrected chi connectivity index (χ0v) is 22.0. The summed E-state index contributed by atoms with van der Waals surface area (Å²) in [6.07, 6.45) is 1.78. The number of hydrogen-bond acceptors (Lipinski definition) is 9. The van der Waals surface area contributed by atoms with E-state index in [-0.39, 0.29) is 0 Å². The van der Waals surface area contributed by atoms with Crippen LogP contribution in [0.2, 0.25) is 0 Å². The van der Waals surface area contributed by atoms with E-state index in [1.165, 1.54) is 11.9 Å². The Morgan fingerprint density at radius 1 is 1.26 bits per heavy atom. The van der Waals surface area contributed by atoms with E-state index in [9.17, 15) is 4.21 Å². The third-order valence-corrected chi connectivity index (χ3v) is 9.09. The van der Waals surface area contributed by atoms with E-state index in [1.54, 1.807) is 13.3 Å². The molecule has 1 atom stereocenters. The summed E-state index contributed by atoms with van der Waals surface area (Å²) < 4.78 is 26.1. The predicted molar refractivity (Wildman–Crippen MR) is 146 cm³/mol. The second-order valence-corrected chi connectivity index (χ2v) is 12.2. The average Bonchev–Trinajstić information content (AvgIpc) is 3.52. The highest BCUT2D eigenvalue weighted by molar-refractivity contribution is 8.15. The van der Waals surface area contributed by atoms with Gasteiger partial charge in [0.15, 0.2) is 0 Å². The summed E-state index contributed by atoms with van der Waals surface area (Å²) >= 11 is 3.29. The number of aliphatic imine (C=N–C) groups is 1. The fourth-order valence-corrected chi connectivity index (χ4v) is 6.96. The minimum atomic E-state index is -0.642. The van der Waals surface area contributed by atoms with Crippen molar-refractivity contribution in [1.82, 2.24) is 14.9 Å². The second kappa shape index (κ2) is 11.8. The van der Waals surface area contributed by atoms with Crippen LogP contribution >= 0.6 is 23.7 Å². The van der Waals surface area contributed by atoms with Gasteiger partial charge in [-0.3, -0.25) is 9.20 Å². The predicted octanol–water partition coefficient (Wildman–Crippen LogP) is 3.63. The van der Waals surface area contributed by atoms with E-state index >= 15 is 0 Å². The van der Waals surface area contributed by atoms with Gasteiger partial charge in [-0.2, -0.15) is 0 Å². The Labute approximate surface area is 216 Å². The van der Waals surface area contributed by atoms with Gasteiger partial charge in [0.2, 0.25) is 0 Å². The number of aromatic nitrogens is 2. The first-order valence-electron chi connectivity index (χ1n) is 11.6. The number of rotatable bonds is 10. The lowest BCUT2D eigenvalue weighted by Gasteiger charge is -2.27. The van der Waals surface area contributed by atoms with Gasteiger partial charge >= 0.3 is 0 Å². The molecule has 0 radical (unpaired) electrons. The number of nitrogens with one attached hydrogen (secondary N) is 2. The van der Waals surface area contributed by atoms with Gasteiger partial charge in [0, 0.05) is 83.9 Å². The van der Waals surface area contributed by atoms with Crippen molar-refractivity contribution >= 4 is 56.1 Å². The molecule has 1 fully saturated rings. The highest BCUT2D eigenvalue weighted by Gasteiger charge is 2.26. The molecule has 3 aromatic rings. The molecule has 0 saturated carbocycles. The average molecular weight is 532 g/mol. The normalized spacial score (nSPS) is 19.2. The van der Waals surface area contributed by atoms with Gasteiger partial charge in [-0.1, -0.05) is 17.8 Å². The van der Waals surface area contributed by atoms with Gasteiger partial charge < -0.3 is 24.1 Å². The van der Waals surface area contributed by atoms with Gasteiger partial charge in [0.05, 0.1) is 30.0 Å². The molecule has 2 aliphatic rings. The number of nitrogens with zero attached hydrogens (tertiary/aromatic N) is 3. The van der Waals surface area contributed by atoms with Crippen molar-refractivity contribution in [3.63, 3.8) is 0 Å². The van der Waals surface area contributed by atoms with Crippen LogP contribution in [0, 0.1) is 0 Å². The Bertz CT molecular complexity index is 1190. The smallest absolute Gasteiger partial charge is 0.122 e. The number of methoxy groups -OCH3 is 1. The Kier molecular flexibility index (Phi) is 8.30. The highest BCUT2D eigenvalue weighted by Crippen LogP contribution is 2.35. The van der Waals surface area contributed by atoms with Crippen molar-refractivity contribution in [2.45, 2.75) is 10.3 Å². The third kappa shape index (κ3) is 6.39. The van der Waals surface area contributed by atoms with Crippen LogP contribution in [0.5, 0.6) is 5.75 Å². The number of hydrogen-bond donors (Lipinski definition) is 2. The summed E-state index contributed by atoms with van der Waals surface area (Å²) in [6.45, 7) is 4.64. The Balaban J connectivity index is 1.32. The second-order valence-electron chi connectivity index (χ2n) is 8.37. The lowest BCUT2D eigenvalue weighted by Crippen LogP contribution is -2.41. The van der Waals surface area contributed by atoms with Crippen LogP contribution in [-0.2, 0) is 15.5 Å². The van der Waals surface area contributed by atoms with E-state index in [0.29, 0.717) is 18.5 Å². The van der Waals surface area contributed by atoms with E-state index in [2.05, 4.69) is 25.7 Å². The van der Waals surface area contributed by atoms with Crippen molar-refractivity contribution in [2.24, 2.45) is 4.99 Å². The van der Waals surface area contributed by atoms with Crippen LogP contribution < -0.4 is 9.46 Å². The SMILES string of the molecule is COCCOc1cc(NSc2ccccn2)c2[nH]c(C3=NCC(CN4CCS(=O)CC4)S3)cc2c1. The number of aromatic amines is 1. The van der Waals surface area contributed by atoms with Crippen molar-refractivity contribution < 1.29 is 13.7 Å². The molecule has 2 N–H and O–H groups in total. The van der Waals surface area contributed by atoms with Gasteiger partial charge in [0.25, 0.3) is 0 Å². The van der Waals surface area contributed by atoms with Gasteiger partial charge in [-0.05, 0) is 24.3 Å². The van der Waals surface area contributed by atoms with Crippen molar-refractivity contribution in [3.8, 4) is 5.75 Å². The van der Waals surface area contributed by atoms with Crippen LogP contribution in [0.15, 0.2) is 52.6 Å². The molecule has 1 unspecified atom stereocenters. The minimum Gasteiger partial charge on any atom is -0.491 e. The monoisotopic (exact) mass is 531 g/mol. The lowest BCUT2D eigenvalue weighted by atomic mass is 10.2. The number of anilines is 1. The molecule has 35 heavy (non-hydrogen) atoms.